The summed E-state index contributed by atoms with van der Waals surface area (Å²) in [7, 11) is 0. The molecule has 0 unspecified atom stereocenters. The predicted octanol–water partition coefficient (Wildman–Crippen LogP) is 2.14. The van der Waals surface area contributed by atoms with Crippen LogP contribution in [0.2, 0.25) is 0 Å². The van der Waals surface area contributed by atoms with E-state index in [-0.39, 0.29) is 18.9 Å². The Labute approximate surface area is 140 Å². The predicted molar refractivity (Wildman–Crippen MR) is 88.6 cm³/mol. The smallest absolute Gasteiger partial charge is 0.323 e. The second-order valence-electron chi connectivity index (χ2n) is 5.28. The molecule has 1 aromatic heterocycles. The van der Waals surface area contributed by atoms with Gasteiger partial charge >= 0.3 is 5.97 Å². The summed E-state index contributed by atoms with van der Waals surface area (Å²) in [5.41, 5.74) is 1.74. The summed E-state index contributed by atoms with van der Waals surface area (Å²) in [6.45, 7) is 2.23. The van der Waals surface area contributed by atoms with E-state index in [9.17, 15) is 9.59 Å². The molecule has 0 fully saturated rings. The van der Waals surface area contributed by atoms with Crippen molar-refractivity contribution in [3.8, 4) is 5.75 Å². The summed E-state index contributed by atoms with van der Waals surface area (Å²) in [6.07, 6.45) is 3.58. The quantitative estimate of drug-likeness (QED) is 0.803. The standard InChI is InChI=1S/C18H20N2O4/c1-2-20(12-18(22)23)17(21)10-14-5-3-7-16(9-14)24-13-15-6-4-8-19-11-15/h3-9,11H,2,10,12-13H2,1H3,(H,22,23). The summed E-state index contributed by atoms with van der Waals surface area (Å²) in [5.74, 6) is -0.575. The number of carboxylic acids is 1. The molecule has 126 valence electrons. The highest BCUT2D eigenvalue weighted by Gasteiger charge is 2.15. The number of carboxylic acid groups (broad SMARTS) is 1. The van der Waals surface area contributed by atoms with Crippen molar-refractivity contribution in [3.05, 3.63) is 59.9 Å². The number of ether oxygens (including phenoxy) is 1. The van der Waals surface area contributed by atoms with Crippen molar-refractivity contribution in [2.24, 2.45) is 0 Å². The van der Waals surface area contributed by atoms with E-state index in [1.807, 2.05) is 30.3 Å². The fraction of sp³-hybridized carbons (Fsp3) is 0.278. The van der Waals surface area contributed by atoms with Gasteiger partial charge in [-0.1, -0.05) is 18.2 Å². The zero-order valence-corrected chi connectivity index (χ0v) is 13.5. The van der Waals surface area contributed by atoms with Crippen LogP contribution in [0, 0.1) is 0 Å². The lowest BCUT2D eigenvalue weighted by atomic mass is 10.1. The van der Waals surface area contributed by atoms with Crippen molar-refractivity contribution in [2.75, 3.05) is 13.1 Å². The third-order valence-electron chi connectivity index (χ3n) is 3.44. The van der Waals surface area contributed by atoms with Gasteiger partial charge in [0.15, 0.2) is 0 Å². The Hall–Kier alpha value is -2.89. The number of aromatic nitrogens is 1. The second kappa shape index (κ2) is 8.67. The van der Waals surface area contributed by atoms with Crippen molar-refractivity contribution in [2.45, 2.75) is 20.0 Å². The molecule has 0 aliphatic heterocycles. The number of hydrogen-bond acceptors (Lipinski definition) is 4. The molecule has 0 saturated heterocycles. The minimum atomic E-state index is -1.02. The average molecular weight is 328 g/mol. The molecule has 6 nitrogen and oxygen atoms in total. The normalized spacial score (nSPS) is 10.2. The van der Waals surface area contributed by atoms with Gasteiger partial charge < -0.3 is 14.7 Å². The van der Waals surface area contributed by atoms with E-state index in [2.05, 4.69) is 4.98 Å². The molecular formula is C18H20N2O4. The highest BCUT2D eigenvalue weighted by Crippen LogP contribution is 2.16. The molecule has 2 rings (SSSR count). The maximum Gasteiger partial charge on any atom is 0.323 e. The van der Waals surface area contributed by atoms with E-state index in [0.717, 1.165) is 11.1 Å². The Morgan fingerprint density at radius 2 is 2.00 bits per heavy atom. The van der Waals surface area contributed by atoms with Crippen LogP contribution < -0.4 is 4.74 Å². The van der Waals surface area contributed by atoms with Crippen LogP contribution in [0.3, 0.4) is 0 Å². The van der Waals surface area contributed by atoms with Gasteiger partial charge in [-0.3, -0.25) is 14.6 Å². The van der Waals surface area contributed by atoms with Gasteiger partial charge in [0.25, 0.3) is 0 Å². The maximum absolute atomic E-state index is 12.2. The van der Waals surface area contributed by atoms with Crippen LogP contribution in [0.4, 0.5) is 0 Å². The zero-order valence-electron chi connectivity index (χ0n) is 13.5. The third-order valence-corrected chi connectivity index (χ3v) is 3.44. The van der Waals surface area contributed by atoms with Crippen LogP contribution in [0.1, 0.15) is 18.1 Å². The molecular weight excluding hydrogens is 308 g/mol. The number of nitrogens with zero attached hydrogens (tertiary/aromatic N) is 2. The fourth-order valence-electron chi connectivity index (χ4n) is 2.22. The van der Waals surface area contributed by atoms with Gasteiger partial charge in [-0.2, -0.15) is 0 Å². The van der Waals surface area contributed by atoms with Crippen LogP contribution in [0.25, 0.3) is 0 Å². The maximum atomic E-state index is 12.2. The molecule has 0 aliphatic carbocycles. The molecule has 2 aromatic rings. The van der Waals surface area contributed by atoms with Gasteiger partial charge in [0.05, 0.1) is 6.42 Å². The van der Waals surface area contributed by atoms with Crippen molar-refractivity contribution >= 4 is 11.9 Å². The van der Waals surface area contributed by atoms with E-state index in [1.165, 1.54) is 4.90 Å². The van der Waals surface area contributed by atoms with Gasteiger partial charge in [0, 0.05) is 24.5 Å². The molecule has 0 atom stereocenters. The Morgan fingerprint density at radius 1 is 1.21 bits per heavy atom. The SMILES string of the molecule is CCN(CC(=O)O)C(=O)Cc1cccc(OCc2cccnc2)c1. The molecule has 0 aliphatic rings. The van der Waals surface area contributed by atoms with Gasteiger partial charge in [0.2, 0.25) is 5.91 Å². The van der Waals surface area contributed by atoms with Crippen molar-refractivity contribution < 1.29 is 19.4 Å². The lowest BCUT2D eigenvalue weighted by molar-refractivity contribution is -0.144. The molecule has 0 bridgehead atoms. The van der Waals surface area contributed by atoms with Gasteiger partial charge in [0.1, 0.15) is 18.9 Å². The van der Waals surface area contributed by atoms with Crippen LogP contribution >= 0.6 is 0 Å². The minimum Gasteiger partial charge on any atom is -0.489 e. The summed E-state index contributed by atoms with van der Waals surface area (Å²) < 4.78 is 5.71. The lowest BCUT2D eigenvalue weighted by Crippen LogP contribution is -2.36. The van der Waals surface area contributed by atoms with E-state index < -0.39 is 5.97 Å². The lowest BCUT2D eigenvalue weighted by Gasteiger charge is -2.18. The first-order chi connectivity index (χ1) is 11.6. The summed E-state index contributed by atoms with van der Waals surface area (Å²) in [4.78, 5) is 28.3. The molecule has 1 heterocycles. The number of hydrogen-bond donors (Lipinski definition) is 1. The molecule has 1 amide bonds. The highest BCUT2D eigenvalue weighted by atomic mass is 16.5. The molecule has 0 spiro atoms. The Morgan fingerprint density at radius 3 is 2.67 bits per heavy atom. The van der Waals surface area contributed by atoms with Crippen LogP contribution in [0.5, 0.6) is 5.75 Å². The fourth-order valence-corrected chi connectivity index (χ4v) is 2.22. The first kappa shape index (κ1) is 17.5. The Bertz CT molecular complexity index is 688. The molecule has 1 N–H and O–H groups in total. The molecule has 24 heavy (non-hydrogen) atoms. The number of carbonyl (C=O) groups excluding carboxylic acids is 1. The number of likely N-dealkylation sites (N-methyl/N-ethyl adjacent to an activating group) is 1. The molecule has 6 heteroatoms. The largest absolute Gasteiger partial charge is 0.489 e. The summed E-state index contributed by atoms with van der Waals surface area (Å²) in [5, 5.41) is 8.83. The van der Waals surface area contributed by atoms with E-state index in [1.54, 1.807) is 25.4 Å². The molecule has 1 aromatic carbocycles. The first-order valence-electron chi connectivity index (χ1n) is 7.68. The van der Waals surface area contributed by atoms with Crippen molar-refractivity contribution in [1.29, 1.82) is 0 Å². The Kier molecular flexibility index (Phi) is 6.31. The number of rotatable bonds is 8. The highest BCUT2D eigenvalue weighted by molar-refractivity contribution is 5.83. The van der Waals surface area contributed by atoms with E-state index >= 15 is 0 Å². The number of pyridine rings is 1. The van der Waals surface area contributed by atoms with Gasteiger partial charge in [-0.05, 0) is 30.7 Å². The Balaban J connectivity index is 1.96. The van der Waals surface area contributed by atoms with E-state index in [4.69, 9.17) is 9.84 Å². The van der Waals surface area contributed by atoms with Gasteiger partial charge in [-0.15, -0.1) is 0 Å². The second-order valence-corrected chi connectivity index (χ2v) is 5.28. The van der Waals surface area contributed by atoms with Crippen molar-refractivity contribution in [3.63, 3.8) is 0 Å². The number of amides is 1. The average Bonchev–Trinajstić information content (AvgIpc) is 2.59. The summed E-state index contributed by atoms with van der Waals surface area (Å²) in [6, 6.07) is 11.0. The number of aliphatic carboxylic acids is 1. The monoisotopic (exact) mass is 328 g/mol. The van der Waals surface area contributed by atoms with Gasteiger partial charge in [-0.25, -0.2) is 0 Å². The number of benzene rings is 1. The summed E-state index contributed by atoms with van der Waals surface area (Å²) >= 11 is 0. The molecule has 0 radical (unpaired) electrons. The van der Waals surface area contributed by atoms with Crippen LogP contribution in [-0.2, 0) is 22.6 Å². The van der Waals surface area contributed by atoms with Crippen LogP contribution in [0.15, 0.2) is 48.8 Å². The zero-order chi connectivity index (χ0) is 17.4. The number of carbonyl (C=O) groups is 2. The van der Waals surface area contributed by atoms with Crippen molar-refractivity contribution in [1.82, 2.24) is 9.88 Å². The topological polar surface area (TPSA) is 79.7 Å². The third kappa shape index (κ3) is 5.39. The minimum absolute atomic E-state index is 0.144. The molecule has 0 saturated carbocycles. The van der Waals surface area contributed by atoms with Crippen LogP contribution in [-0.4, -0.2) is 40.0 Å². The van der Waals surface area contributed by atoms with E-state index in [0.29, 0.717) is 18.9 Å². The first-order valence-corrected chi connectivity index (χ1v) is 7.68.